The van der Waals surface area contributed by atoms with Gasteiger partial charge in [0.25, 0.3) is 0 Å². The lowest BCUT2D eigenvalue weighted by molar-refractivity contribution is 0.508. The maximum atomic E-state index is 5.15. The molecule has 1 aromatic heterocycles. The second kappa shape index (κ2) is 7.71. The van der Waals surface area contributed by atoms with Crippen LogP contribution < -0.4 is 5.32 Å². The molecule has 1 aromatic rings. The minimum Gasteiger partial charge on any atom is -0.316 e. The van der Waals surface area contributed by atoms with E-state index in [4.69, 9.17) is 4.98 Å². The van der Waals surface area contributed by atoms with Crippen LogP contribution >= 0.6 is 34.9 Å². The molecule has 5 heteroatoms. The second-order valence-electron chi connectivity index (χ2n) is 5.87. The molecule has 1 aliphatic carbocycles. The average Bonchev–Trinajstić information content (AvgIpc) is 2.97. The summed E-state index contributed by atoms with van der Waals surface area (Å²) < 4.78 is 0. The van der Waals surface area contributed by atoms with Crippen LogP contribution in [0.3, 0.4) is 0 Å². The van der Waals surface area contributed by atoms with E-state index < -0.39 is 0 Å². The molecule has 1 fully saturated rings. The summed E-state index contributed by atoms with van der Waals surface area (Å²) in [5.74, 6) is 3.25. The Bertz CT molecular complexity index is 460. The van der Waals surface area contributed by atoms with Gasteiger partial charge < -0.3 is 5.32 Å². The van der Waals surface area contributed by atoms with Gasteiger partial charge >= 0.3 is 0 Å². The summed E-state index contributed by atoms with van der Waals surface area (Å²) in [4.78, 5) is 6.74. The number of thioether (sulfide) groups is 2. The minimum absolute atomic E-state index is 0.643. The highest BCUT2D eigenvalue weighted by Gasteiger charge is 2.32. The van der Waals surface area contributed by atoms with E-state index >= 15 is 0 Å². The summed E-state index contributed by atoms with van der Waals surface area (Å²) in [5, 5.41) is 6.36. The first-order valence-electron chi connectivity index (χ1n) is 8.26. The smallest absolute Gasteiger partial charge is 0.107 e. The largest absolute Gasteiger partial charge is 0.316 e. The van der Waals surface area contributed by atoms with Gasteiger partial charge in [-0.2, -0.15) is 11.8 Å². The van der Waals surface area contributed by atoms with E-state index in [9.17, 15) is 0 Å². The Morgan fingerprint density at radius 1 is 1.24 bits per heavy atom. The molecule has 118 valence electrons. The SMILES string of the molecule is CCNCC1CCCc2sc(C3SCCSC3CC)nc21. The lowest BCUT2D eigenvalue weighted by Gasteiger charge is -2.28. The number of nitrogens with zero attached hydrogens (tertiary/aromatic N) is 1. The molecule has 0 spiro atoms. The summed E-state index contributed by atoms with van der Waals surface area (Å²) in [7, 11) is 0. The third-order valence-electron chi connectivity index (χ3n) is 4.42. The molecule has 2 heterocycles. The molecular formula is C16H26N2S3. The fraction of sp³-hybridized carbons (Fsp3) is 0.812. The Labute approximate surface area is 141 Å². The van der Waals surface area contributed by atoms with Crippen molar-refractivity contribution < 1.29 is 0 Å². The number of thiazole rings is 1. The standard InChI is InChI=1S/C16H26N2S3/c1-3-12-15(20-9-8-19-12)16-18-14-11(10-17-4-2)6-5-7-13(14)21-16/h11-12,15,17H,3-10H2,1-2H3. The number of hydrogen-bond acceptors (Lipinski definition) is 5. The predicted octanol–water partition coefficient (Wildman–Crippen LogP) is 4.47. The molecule has 0 amide bonds. The highest BCUT2D eigenvalue weighted by Crippen LogP contribution is 2.47. The minimum atomic E-state index is 0.643. The summed E-state index contributed by atoms with van der Waals surface area (Å²) >= 11 is 6.33. The highest BCUT2D eigenvalue weighted by molar-refractivity contribution is 8.06. The predicted molar refractivity (Wildman–Crippen MR) is 98.1 cm³/mol. The van der Waals surface area contributed by atoms with E-state index in [1.165, 1.54) is 47.9 Å². The van der Waals surface area contributed by atoms with E-state index in [2.05, 4.69) is 42.7 Å². The maximum Gasteiger partial charge on any atom is 0.107 e. The Balaban J connectivity index is 1.80. The highest BCUT2D eigenvalue weighted by atomic mass is 32.2. The molecule has 2 aliphatic rings. The number of aromatic nitrogens is 1. The second-order valence-corrected chi connectivity index (χ2v) is 9.58. The molecule has 3 unspecified atom stereocenters. The lowest BCUT2D eigenvalue weighted by Crippen LogP contribution is -2.24. The third-order valence-corrected chi connectivity index (χ3v) is 9.04. The number of hydrogen-bond donors (Lipinski definition) is 1. The van der Waals surface area contributed by atoms with Crippen molar-refractivity contribution in [1.29, 1.82) is 0 Å². The van der Waals surface area contributed by atoms with Gasteiger partial charge in [-0.15, -0.1) is 23.1 Å². The van der Waals surface area contributed by atoms with Crippen LogP contribution in [-0.4, -0.2) is 34.8 Å². The topological polar surface area (TPSA) is 24.9 Å². The van der Waals surface area contributed by atoms with E-state index in [0.29, 0.717) is 11.2 Å². The van der Waals surface area contributed by atoms with Gasteiger partial charge in [0.05, 0.1) is 10.9 Å². The molecule has 0 aromatic carbocycles. The quantitative estimate of drug-likeness (QED) is 0.853. The first-order valence-corrected chi connectivity index (χ1v) is 11.2. The number of nitrogens with one attached hydrogen (secondary N) is 1. The Kier molecular flexibility index (Phi) is 5.93. The van der Waals surface area contributed by atoms with Crippen molar-refractivity contribution in [3.63, 3.8) is 0 Å². The van der Waals surface area contributed by atoms with E-state index in [1.807, 2.05) is 11.3 Å². The van der Waals surface area contributed by atoms with Crippen molar-refractivity contribution in [2.45, 2.75) is 55.9 Å². The Morgan fingerprint density at radius 2 is 2.10 bits per heavy atom. The summed E-state index contributed by atoms with van der Waals surface area (Å²) in [6, 6.07) is 0. The summed E-state index contributed by atoms with van der Waals surface area (Å²) in [5.41, 5.74) is 1.44. The van der Waals surface area contributed by atoms with Gasteiger partial charge in [-0.25, -0.2) is 4.98 Å². The Hall–Kier alpha value is 0.290. The van der Waals surface area contributed by atoms with Crippen molar-refractivity contribution in [2.24, 2.45) is 0 Å². The molecule has 21 heavy (non-hydrogen) atoms. The lowest BCUT2D eigenvalue weighted by atomic mass is 9.91. The van der Waals surface area contributed by atoms with E-state index in [1.54, 1.807) is 4.88 Å². The molecular weight excluding hydrogens is 316 g/mol. The monoisotopic (exact) mass is 342 g/mol. The van der Waals surface area contributed by atoms with Crippen LogP contribution in [0.2, 0.25) is 0 Å². The van der Waals surface area contributed by atoms with Gasteiger partial charge in [0.2, 0.25) is 0 Å². The van der Waals surface area contributed by atoms with Gasteiger partial charge in [-0.1, -0.05) is 13.8 Å². The molecule has 1 N–H and O–H groups in total. The van der Waals surface area contributed by atoms with Gasteiger partial charge in [-0.05, 0) is 32.2 Å². The maximum absolute atomic E-state index is 5.15. The van der Waals surface area contributed by atoms with Crippen LogP contribution in [0.15, 0.2) is 0 Å². The molecule has 1 aliphatic heterocycles. The molecule has 3 atom stereocenters. The Morgan fingerprint density at radius 3 is 2.90 bits per heavy atom. The molecule has 0 bridgehead atoms. The fourth-order valence-corrected chi connectivity index (χ4v) is 7.91. The average molecular weight is 343 g/mol. The van der Waals surface area contributed by atoms with Crippen LogP contribution in [-0.2, 0) is 6.42 Å². The molecule has 0 saturated carbocycles. The molecule has 1 saturated heterocycles. The van der Waals surface area contributed by atoms with Crippen molar-refractivity contribution in [3.05, 3.63) is 15.6 Å². The van der Waals surface area contributed by atoms with Gasteiger partial charge in [-0.3, -0.25) is 0 Å². The van der Waals surface area contributed by atoms with Crippen molar-refractivity contribution in [1.82, 2.24) is 10.3 Å². The molecule has 2 nitrogen and oxygen atoms in total. The zero-order valence-corrected chi connectivity index (χ0v) is 15.5. The van der Waals surface area contributed by atoms with Crippen LogP contribution in [0.4, 0.5) is 0 Å². The number of rotatable bonds is 5. The van der Waals surface area contributed by atoms with E-state index in [-0.39, 0.29) is 0 Å². The zero-order chi connectivity index (χ0) is 14.7. The molecule has 0 radical (unpaired) electrons. The normalized spacial score (nSPS) is 29.3. The van der Waals surface area contributed by atoms with Gasteiger partial charge in [0.1, 0.15) is 5.01 Å². The first-order chi connectivity index (χ1) is 10.3. The van der Waals surface area contributed by atoms with Gasteiger partial charge in [0, 0.05) is 34.1 Å². The fourth-order valence-electron chi connectivity index (χ4n) is 3.30. The number of likely N-dealkylation sites (N-methyl/N-ethyl adjacent to an activating group) is 1. The summed E-state index contributed by atoms with van der Waals surface area (Å²) in [6.07, 6.45) is 5.19. The van der Waals surface area contributed by atoms with Crippen LogP contribution in [0, 0.1) is 0 Å². The third kappa shape index (κ3) is 3.62. The van der Waals surface area contributed by atoms with Crippen molar-refractivity contribution in [2.75, 3.05) is 24.6 Å². The number of fused-ring (bicyclic) bond motifs is 1. The molecule has 3 rings (SSSR count). The number of aryl methyl sites for hydroxylation is 1. The van der Waals surface area contributed by atoms with Crippen LogP contribution in [0.1, 0.15) is 59.9 Å². The van der Waals surface area contributed by atoms with Crippen LogP contribution in [0.25, 0.3) is 0 Å². The van der Waals surface area contributed by atoms with Gasteiger partial charge in [0.15, 0.2) is 0 Å². The zero-order valence-electron chi connectivity index (χ0n) is 13.1. The van der Waals surface area contributed by atoms with Crippen molar-refractivity contribution >= 4 is 34.9 Å². The first kappa shape index (κ1) is 16.2. The summed E-state index contributed by atoms with van der Waals surface area (Å²) in [6.45, 7) is 6.70. The van der Waals surface area contributed by atoms with E-state index in [0.717, 1.165) is 18.3 Å². The van der Waals surface area contributed by atoms with Crippen LogP contribution in [0.5, 0.6) is 0 Å². The van der Waals surface area contributed by atoms with Crippen molar-refractivity contribution in [3.8, 4) is 0 Å².